The molecular weight excluding hydrogens is 402 g/mol. The molecule has 0 bridgehead atoms. The largest absolute Gasteiger partial charge is 0.497 e. The van der Waals surface area contributed by atoms with Gasteiger partial charge in [0.05, 0.1) is 7.11 Å². The lowest BCUT2D eigenvalue weighted by Crippen LogP contribution is -2.45. The molecule has 2 N–H and O–H groups in total. The first kappa shape index (κ1) is 20.3. The summed E-state index contributed by atoms with van der Waals surface area (Å²) in [6, 6.07) is 9.46. The van der Waals surface area contributed by atoms with Crippen LogP contribution in [0.3, 0.4) is 0 Å². The lowest BCUT2D eigenvalue weighted by atomic mass is 10.2. The maximum Gasteiger partial charge on any atom is 0.313 e. The van der Waals surface area contributed by atoms with E-state index in [1.54, 1.807) is 41.8 Å². The van der Waals surface area contributed by atoms with E-state index < -0.39 is 21.8 Å². The third-order valence-electron chi connectivity index (χ3n) is 4.43. The highest BCUT2D eigenvalue weighted by molar-refractivity contribution is 7.91. The Morgan fingerprint density at radius 2 is 1.96 bits per heavy atom. The third kappa shape index (κ3) is 4.51. The number of nitrogens with one attached hydrogen (secondary N) is 2. The number of hydrogen-bond acceptors (Lipinski definition) is 6. The number of hydrogen-bond donors (Lipinski definition) is 2. The normalized spacial score (nSPS) is 17.2. The van der Waals surface area contributed by atoms with E-state index in [2.05, 4.69) is 10.6 Å². The van der Waals surface area contributed by atoms with Crippen molar-refractivity contribution in [1.29, 1.82) is 0 Å². The number of benzene rings is 1. The van der Waals surface area contributed by atoms with E-state index in [0.717, 1.165) is 11.3 Å². The predicted octanol–water partition coefficient (Wildman–Crippen LogP) is 1.66. The van der Waals surface area contributed by atoms with Gasteiger partial charge in [-0.2, -0.15) is 4.31 Å². The highest BCUT2D eigenvalue weighted by atomic mass is 32.2. The van der Waals surface area contributed by atoms with E-state index in [4.69, 9.17) is 4.74 Å². The van der Waals surface area contributed by atoms with Crippen molar-refractivity contribution in [3.05, 3.63) is 41.8 Å². The Labute approximate surface area is 167 Å². The minimum absolute atomic E-state index is 0.0828. The van der Waals surface area contributed by atoms with Gasteiger partial charge in [0.25, 0.3) is 10.0 Å². The first-order valence-corrected chi connectivity index (χ1v) is 11.0. The van der Waals surface area contributed by atoms with Gasteiger partial charge in [-0.15, -0.1) is 11.3 Å². The number of nitrogens with zero attached hydrogens (tertiary/aromatic N) is 1. The zero-order valence-electron chi connectivity index (χ0n) is 15.3. The molecule has 0 unspecified atom stereocenters. The molecule has 1 aromatic carbocycles. The molecule has 0 aliphatic carbocycles. The summed E-state index contributed by atoms with van der Waals surface area (Å²) < 4.78 is 32.1. The molecule has 8 nitrogen and oxygen atoms in total. The van der Waals surface area contributed by atoms with Crippen molar-refractivity contribution < 1.29 is 22.7 Å². The van der Waals surface area contributed by atoms with Crippen molar-refractivity contribution in [3.63, 3.8) is 0 Å². The van der Waals surface area contributed by atoms with Crippen LogP contribution in [0.1, 0.15) is 12.8 Å². The van der Waals surface area contributed by atoms with Crippen molar-refractivity contribution in [2.75, 3.05) is 25.5 Å². The average Bonchev–Trinajstić information content (AvgIpc) is 3.39. The molecular formula is C18H21N3O5S2. The molecule has 1 saturated heterocycles. The Bertz CT molecular complexity index is 927. The summed E-state index contributed by atoms with van der Waals surface area (Å²) in [6.07, 6.45) is 1.34. The Morgan fingerprint density at radius 1 is 1.21 bits per heavy atom. The number of carbonyl (C=O) groups is 2. The smallest absolute Gasteiger partial charge is 0.313 e. The van der Waals surface area contributed by atoms with Gasteiger partial charge in [-0.1, -0.05) is 6.07 Å². The second kappa shape index (κ2) is 8.72. The summed E-state index contributed by atoms with van der Waals surface area (Å²) in [6.45, 7) is 0.484. The lowest BCUT2D eigenvalue weighted by molar-refractivity contribution is -0.136. The van der Waals surface area contributed by atoms with E-state index >= 15 is 0 Å². The molecule has 1 atom stereocenters. The Morgan fingerprint density at radius 3 is 2.61 bits per heavy atom. The fraction of sp³-hybridized carbons (Fsp3) is 0.333. The number of methoxy groups -OCH3 is 1. The molecule has 2 amide bonds. The molecule has 1 aliphatic rings. The molecule has 150 valence electrons. The predicted molar refractivity (Wildman–Crippen MR) is 106 cm³/mol. The van der Waals surface area contributed by atoms with Crippen molar-refractivity contribution in [3.8, 4) is 5.75 Å². The van der Waals surface area contributed by atoms with Crippen molar-refractivity contribution in [1.82, 2.24) is 9.62 Å². The van der Waals surface area contributed by atoms with Gasteiger partial charge < -0.3 is 15.4 Å². The molecule has 10 heteroatoms. The lowest BCUT2D eigenvalue weighted by Gasteiger charge is -2.23. The summed E-state index contributed by atoms with van der Waals surface area (Å²) in [4.78, 5) is 24.2. The highest BCUT2D eigenvalue weighted by Crippen LogP contribution is 2.28. The molecule has 0 spiro atoms. The summed E-state index contributed by atoms with van der Waals surface area (Å²) in [5.74, 6) is -0.984. The standard InChI is InChI=1S/C18H21N3O5S2/c1-26-15-8-6-13(7-9-15)20-18(23)17(22)19-12-14-4-2-10-21(14)28(24,25)16-5-3-11-27-16/h3,5-9,11,14H,2,4,10,12H2,1H3,(H,19,22)(H,20,23)/t14-/m0/s1. The van der Waals surface area contributed by atoms with Gasteiger partial charge in [-0.3, -0.25) is 9.59 Å². The topological polar surface area (TPSA) is 105 Å². The van der Waals surface area contributed by atoms with Crippen molar-refractivity contribution in [2.24, 2.45) is 0 Å². The first-order chi connectivity index (χ1) is 13.4. The molecule has 0 saturated carbocycles. The van der Waals surface area contributed by atoms with Gasteiger partial charge in [0.2, 0.25) is 0 Å². The van der Waals surface area contributed by atoms with Crippen molar-refractivity contribution >= 4 is 38.9 Å². The number of rotatable bonds is 6. The van der Waals surface area contributed by atoms with Crippen LogP contribution in [0.25, 0.3) is 0 Å². The quantitative estimate of drug-likeness (QED) is 0.688. The van der Waals surface area contributed by atoms with Gasteiger partial charge in [-0.25, -0.2) is 8.42 Å². The monoisotopic (exact) mass is 423 g/mol. The fourth-order valence-corrected chi connectivity index (χ4v) is 5.82. The number of thiophene rings is 1. The van der Waals surface area contributed by atoms with Crippen LogP contribution in [0, 0.1) is 0 Å². The first-order valence-electron chi connectivity index (χ1n) is 8.70. The molecule has 28 heavy (non-hydrogen) atoms. The molecule has 3 rings (SSSR count). The Kier molecular flexibility index (Phi) is 6.32. The molecule has 1 aromatic heterocycles. The minimum atomic E-state index is -3.58. The van der Waals surface area contributed by atoms with E-state index in [-0.39, 0.29) is 16.8 Å². The van der Waals surface area contributed by atoms with E-state index in [1.165, 1.54) is 11.4 Å². The molecule has 0 radical (unpaired) electrons. The van der Waals surface area contributed by atoms with Crippen LogP contribution in [0.2, 0.25) is 0 Å². The van der Waals surface area contributed by atoms with Crippen LogP contribution in [0.4, 0.5) is 5.69 Å². The third-order valence-corrected chi connectivity index (χ3v) is 7.76. The maximum absolute atomic E-state index is 12.7. The number of sulfonamides is 1. The number of amides is 2. The second-order valence-corrected chi connectivity index (χ2v) is 9.30. The number of anilines is 1. The summed E-state index contributed by atoms with van der Waals surface area (Å²) in [5, 5.41) is 6.74. The van der Waals surface area contributed by atoms with Crippen LogP contribution in [-0.2, 0) is 19.6 Å². The maximum atomic E-state index is 12.7. The number of ether oxygens (including phenoxy) is 1. The second-order valence-electron chi connectivity index (χ2n) is 6.24. The Hall–Kier alpha value is -2.43. The highest BCUT2D eigenvalue weighted by Gasteiger charge is 2.36. The zero-order valence-corrected chi connectivity index (χ0v) is 16.9. The van der Waals surface area contributed by atoms with E-state index in [1.807, 2.05) is 0 Å². The van der Waals surface area contributed by atoms with Gasteiger partial charge in [0, 0.05) is 24.8 Å². The van der Waals surface area contributed by atoms with Crippen LogP contribution >= 0.6 is 11.3 Å². The SMILES string of the molecule is COc1ccc(NC(=O)C(=O)NC[C@@H]2CCCN2S(=O)(=O)c2cccs2)cc1. The zero-order chi connectivity index (χ0) is 20.1. The van der Waals surface area contributed by atoms with Crippen LogP contribution in [0.5, 0.6) is 5.75 Å². The molecule has 2 heterocycles. The fourth-order valence-electron chi connectivity index (χ4n) is 3.01. The Balaban J connectivity index is 1.56. The summed E-state index contributed by atoms with van der Waals surface area (Å²) in [5.41, 5.74) is 0.462. The average molecular weight is 424 g/mol. The summed E-state index contributed by atoms with van der Waals surface area (Å²) in [7, 11) is -2.05. The van der Waals surface area contributed by atoms with Crippen LogP contribution < -0.4 is 15.4 Å². The van der Waals surface area contributed by atoms with Crippen molar-refractivity contribution in [2.45, 2.75) is 23.1 Å². The van der Waals surface area contributed by atoms with Crippen LogP contribution in [-0.4, -0.2) is 50.8 Å². The van der Waals surface area contributed by atoms with Gasteiger partial charge in [0.1, 0.15) is 9.96 Å². The summed E-state index contributed by atoms with van der Waals surface area (Å²) >= 11 is 1.16. The molecule has 1 aliphatic heterocycles. The number of carbonyl (C=O) groups excluding carboxylic acids is 2. The van der Waals surface area contributed by atoms with Gasteiger partial charge in [-0.05, 0) is 48.6 Å². The minimum Gasteiger partial charge on any atom is -0.497 e. The van der Waals surface area contributed by atoms with Crippen LogP contribution in [0.15, 0.2) is 46.0 Å². The van der Waals surface area contributed by atoms with E-state index in [9.17, 15) is 18.0 Å². The van der Waals surface area contributed by atoms with E-state index in [0.29, 0.717) is 30.8 Å². The molecule has 2 aromatic rings. The van der Waals surface area contributed by atoms with Gasteiger partial charge in [0.15, 0.2) is 0 Å². The molecule has 1 fully saturated rings. The van der Waals surface area contributed by atoms with Gasteiger partial charge >= 0.3 is 11.8 Å².